The molecule has 0 fully saturated rings. The van der Waals surface area contributed by atoms with Gasteiger partial charge in [0.2, 0.25) is 11.1 Å². The number of thiophene rings is 1. The van der Waals surface area contributed by atoms with Crippen LogP contribution in [-0.4, -0.2) is 20.3 Å². The molecular weight excluding hydrogens is 342 g/mol. The molecule has 0 amide bonds. The second-order valence-corrected chi connectivity index (χ2v) is 6.60. The summed E-state index contributed by atoms with van der Waals surface area (Å²) in [6.45, 7) is 0.657. The maximum Gasteiger partial charge on any atom is 0.225 e. The minimum atomic E-state index is -0.128. The number of fused-ring (bicyclic) bond motifs is 1. The topological polar surface area (TPSA) is 47.8 Å². The quantitative estimate of drug-likeness (QED) is 0.403. The standard InChI is InChI=1S/C18H12ClN3OS/c19-18-20-15(16(23)14-7-4-10-24-14)13-8-9-22(17(13)21-18)11-12-5-2-1-3-6-12/h1-10H,11H2. The van der Waals surface area contributed by atoms with E-state index in [1.807, 2.05) is 58.6 Å². The van der Waals surface area contributed by atoms with E-state index < -0.39 is 0 Å². The Morgan fingerprint density at radius 2 is 1.92 bits per heavy atom. The number of hydrogen-bond donors (Lipinski definition) is 0. The summed E-state index contributed by atoms with van der Waals surface area (Å²) in [5, 5.41) is 2.66. The van der Waals surface area contributed by atoms with Gasteiger partial charge in [0.1, 0.15) is 11.3 Å². The number of ketones is 1. The van der Waals surface area contributed by atoms with Gasteiger partial charge in [-0.2, -0.15) is 4.98 Å². The second kappa shape index (κ2) is 6.19. The normalized spacial score (nSPS) is 11.0. The molecule has 0 aliphatic carbocycles. The lowest BCUT2D eigenvalue weighted by atomic mass is 10.2. The Morgan fingerprint density at radius 3 is 2.67 bits per heavy atom. The second-order valence-electron chi connectivity index (χ2n) is 5.31. The number of nitrogens with zero attached hydrogens (tertiary/aromatic N) is 3. The van der Waals surface area contributed by atoms with Crippen LogP contribution in [0.1, 0.15) is 20.9 Å². The molecule has 0 saturated carbocycles. The van der Waals surface area contributed by atoms with Crippen molar-refractivity contribution in [1.82, 2.24) is 14.5 Å². The SMILES string of the molecule is O=C(c1cccs1)c1nc(Cl)nc2c1ccn2Cc1ccccc1. The van der Waals surface area contributed by atoms with Crippen molar-refractivity contribution in [1.29, 1.82) is 0 Å². The average molecular weight is 354 g/mol. The van der Waals surface area contributed by atoms with E-state index in [9.17, 15) is 4.79 Å². The lowest BCUT2D eigenvalue weighted by molar-refractivity contribution is 0.103. The number of aromatic nitrogens is 3. The largest absolute Gasteiger partial charge is 0.328 e. The van der Waals surface area contributed by atoms with Crippen LogP contribution in [-0.2, 0) is 6.54 Å². The van der Waals surface area contributed by atoms with Crippen molar-refractivity contribution in [2.75, 3.05) is 0 Å². The molecule has 24 heavy (non-hydrogen) atoms. The number of benzene rings is 1. The van der Waals surface area contributed by atoms with Crippen LogP contribution in [0.3, 0.4) is 0 Å². The Balaban J connectivity index is 1.81. The highest BCUT2D eigenvalue weighted by Crippen LogP contribution is 2.24. The molecule has 3 aromatic heterocycles. The summed E-state index contributed by atoms with van der Waals surface area (Å²) in [5.41, 5.74) is 2.16. The molecule has 0 aliphatic heterocycles. The highest BCUT2D eigenvalue weighted by Gasteiger charge is 2.19. The van der Waals surface area contributed by atoms with Crippen LogP contribution in [0.15, 0.2) is 60.1 Å². The summed E-state index contributed by atoms with van der Waals surface area (Å²) >= 11 is 7.47. The first-order valence-electron chi connectivity index (χ1n) is 7.37. The molecule has 0 unspecified atom stereocenters. The number of halogens is 1. The molecule has 4 aromatic rings. The number of carbonyl (C=O) groups excluding carboxylic acids is 1. The maximum atomic E-state index is 12.7. The van der Waals surface area contributed by atoms with E-state index in [0.717, 1.165) is 5.56 Å². The number of carbonyl (C=O) groups is 1. The zero-order valence-electron chi connectivity index (χ0n) is 12.5. The van der Waals surface area contributed by atoms with E-state index in [-0.39, 0.29) is 11.1 Å². The van der Waals surface area contributed by atoms with Gasteiger partial charge in [0, 0.05) is 18.1 Å². The van der Waals surface area contributed by atoms with Gasteiger partial charge in [0.25, 0.3) is 0 Å². The van der Waals surface area contributed by atoms with E-state index in [4.69, 9.17) is 11.6 Å². The molecular formula is C18H12ClN3OS. The van der Waals surface area contributed by atoms with Gasteiger partial charge in [0.15, 0.2) is 0 Å². The lowest BCUT2D eigenvalue weighted by Crippen LogP contribution is -2.06. The summed E-state index contributed by atoms with van der Waals surface area (Å²) in [6.07, 6.45) is 1.91. The van der Waals surface area contributed by atoms with Gasteiger partial charge < -0.3 is 4.57 Å². The monoisotopic (exact) mass is 353 g/mol. The molecule has 0 spiro atoms. The van der Waals surface area contributed by atoms with Crippen molar-refractivity contribution in [2.24, 2.45) is 0 Å². The molecule has 0 N–H and O–H groups in total. The van der Waals surface area contributed by atoms with Gasteiger partial charge in [-0.3, -0.25) is 4.79 Å². The van der Waals surface area contributed by atoms with Crippen LogP contribution < -0.4 is 0 Å². The third kappa shape index (κ3) is 2.72. The highest BCUT2D eigenvalue weighted by atomic mass is 35.5. The number of hydrogen-bond acceptors (Lipinski definition) is 4. The highest BCUT2D eigenvalue weighted by molar-refractivity contribution is 7.12. The predicted molar refractivity (Wildman–Crippen MR) is 95.8 cm³/mol. The molecule has 4 rings (SSSR count). The van der Waals surface area contributed by atoms with Gasteiger partial charge in [-0.05, 0) is 34.7 Å². The van der Waals surface area contributed by atoms with E-state index in [2.05, 4.69) is 9.97 Å². The molecule has 0 atom stereocenters. The molecule has 0 bridgehead atoms. The molecule has 1 aromatic carbocycles. The van der Waals surface area contributed by atoms with Crippen LogP contribution >= 0.6 is 22.9 Å². The van der Waals surface area contributed by atoms with Crippen molar-refractivity contribution in [2.45, 2.75) is 6.54 Å². The first kappa shape index (κ1) is 15.1. The summed E-state index contributed by atoms with van der Waals surface area (Å²) < 4.78 is 1.98. The number of rotatable bonds is 4. The molecule has 118 valence electrons. The van der Waals surface area contributed by atoms with E-state index in [0.29, 0.717) is 28.1 Å². The molecule has 6 heteroatoms. The first-order chi connectivity index (χ1) is 11.7. The Labute approximate surface area is 147 Å². The zero-order valence-corrected chi connectivity index (χ0v) is 14.1. The van der Waals surface area contributed by atoms with Crippen LogP contribution in [0, 0.1) is 0 Å². The van der Waals surface area contributed by atoms with Gasteiger partial charge in [-0.15, -0.1) is 11.3 Å². The van der Waals surface area contributed by atoms with Crippen molar-refractivity contribution >= 4 is 39.8 Å². The Morgan fingerprint density at radius 1 is 1.08 bits per heavy atom. The maximum absolute atomic E-state index is 12.7. The minimum absolute atomic E-state index is 0.0791. The Hall–Kier alpha value is -2.50. The van der Waals surface area contributed by atoms with E-state index >= 15 is 0 Å². The molecule has 0 radical (unpaired) electrons. The first-order valence-corrected chi connectivity index (χ1v) is 8.62. The molecule has 3 heterocycles. The molecule has 4 nitrogen and oxygen atoms in total. The molecule has 0 aliphatic rings. The Kier molecular flexibility index (Phi) is 3.88. The lowest BCUT2D eigenvalue weighted by Gasteiger charge is -2.06. The van der Waals surface area contributed by atoms with E-state index in [1.165, 1.54) is 11.3 Å². The van der Waals surface area contributed by atoms with Crippen molar-refractivity contribution in [3.05, 3.63) is 81.5 Å². The zero-order chi connectivity index (χ0) is 16.5. The summed E-state index contributed by atoms with van der Waals surface area (Å²) in [7, 11) is 0. The van der Waals surface area contributed by atoms with Crippen LogP contribution in [0.5, 0.6) is 0 Å². The minimum Gasteiger partial charge on any atom is -0.328 e. The van der Waals surface area contributed by atoms with E-state index in [1.54, 1.807) is 6.07 Å². The average Bonchev–Trinajstić information content (AvgIpc) is 3.25. The Bertz CT molecular complexity index is 1010. The molecule has 0 saturated heterocycles. The van der Waals surface area contributed by atoms with Crippen LogP contribution in [0.25, 0.3) is 11.0 Å². The fourth-order valence-electron chi connectivity index (χ4n) is 2.64. The van der Waals surface area contributed by atoms with Crippen molar-refractivity contribution < 1.29 is 4.79 Å². The van der Waals surface area contributed by atoms with Crippen molar-refractivity contribution in [3.8, 4) is 0 Å². The fraction of sp³-hybridized carbons (Fsp3) is 0.0556. The van der Waals surface area contributed by atoms with Crippen LogP contribution in [0.4, 0.5) is 0 Å². The summed E-state index contributed by atoms with van der Waals surface area (Å²) in [4.78, 5) is 21.8. The smallest absolute Gasteiger partial charge is 0.225 e. The third-order valence-electron chi connectivity index (χ3n) is 3.75. The third-order valence-corrected chi connectivity index (χ3v) is 4.78. The predicted octanol–water partition coefficient (Wildman–Crippen LogP) is 4.43. The van der Waals surface area contributed by atoms with Gasteiger partial charge in [-0.25, -0.2) is 4.98 Å². The van der Waals surface area contributed by atoms with Gasteiger partial charge >= 0.3 is 0 Å². The van der Waals surface area contributed by atoms with Gasteiger partial charge in [0.05, 0.1) is 4.88 Å². The summed E-state index contributed by atoms with van der Waals surface area (Å²) in [5.74, 6) is -0.128. The van der Waals surface area contributed by atoms with Gasteiger partial charge in [-0.1, -0.05) is 36.4 Å². The van der Waals surface area contributed by atoms with Crippen molar-refractivity contribution in [3.63, 3.8) is 0 Å². The summed E-state index contributed by atoms with van der Waals surface area (Å²) in [6, 6.07) is 15.6. The fourth-order valence-corrected chi connectivity index (χ4v) is 3.47. The van der Waals surface area contributed by atoms with Crippen LogP contribution in [0.2, 0.25) is 5.28 Å².